The first kappa shape index (κ1) is 12.6. The number of rotatable bonds is 2. The zero-order valence-corrected chi connectivity index (χ0v) is 11.5. The molecule has 0 radical (unpaired) electrons. The highest BCUT2D eigenvalue weighted by molar-refractivity contribution is 5.59. The number of aryl methyl sites for hydroxylation is 2. The third-order valence-electron chi connectivity index (χ3n) is 3.56. The Morgan fingerprint density at radius 3 is 3.00 bits per heavy atom. The Bertz CT molecular complexity index is 672. The van der Waals surface area contributed by atoms with E-state index in [-0.39, 0.29) is 5.92 Å². The lowest BCUT2D eigenvalue weighted by atomic mass is 10.1. The van der Waals surface area contributed by atoms with E-state index in [1.165, 1.54) is 0 Å². The van der Waals surface area contributed by atoms with E-state index in [9.17, 15) is 5.26 Å². The van der Waals surface area contributed by atoms with E-state index >= 15 is 0 Å². The normalized spacial score (nSPS) is 18.2. The van der Waals surface area contributed by atoms with Crippen molar-refractivity contribution >= 4 is 5.69 Å². The standard InChI is InChI=1S/C14H15N5O/c1-9-5-13(12(6-15)7-16-9)19-4-3-11(8-19)14-17-10(2)18-20-14/h5,7,11H,3-4,8H2,1-2H3. The molecule has 2 aromatic rings. The van der Waals surface area contributed by atoms with E-state index in [1.54, 1.807) is 6.20 Å². The average Bonchev–Trinajstić information content (AvgIpc) is 3.07. The largest absolute Gasteiger partial charge is 0.370 e. The third kappa shape index (κ3) is 2.23. The van der Waals surface area contributed by atoms with Gasteiger partial charge in [0, 0.05) is 25.0 Å². The van der Waals surface area contributed by atoms with Gasteiger partial charge in [0.2, 0.25) is 5.89 Å². The highest BCUT2D eigenvalue weighted by Crippen LogP contribution is 2.31. The van der Waals surface area contributed by atoms with Crippen LogP contribution in [0.2, 0.25) is 0 Å². The number of aromatic nitrogens is 3. The van der Waals surface area contributed by atoms with E-state index in [1.807, 2.05) is 19.9 Å². The summed E-state index contributed by atoms with van der Waals surface area (Å²) in [5.41, 5.74) is 2.47. The van der Waals surface area contributed by atoms with Crippen LogP contribution in [0.15, 0.2) is 16.8 Å². The molecule has 6 heteroatoms. The van der Waals surface area contributed by atoms with Gasteiger partial charge in [-0.1, -0.05) is 5.16 Å². The van der Waals surface area contributed by atoms with Crippen LogP contribution in [0.25, 0.3) is 0 Å². The second-order valence-corrected chi connectivity index (χ2v) is 5.07. The van der Waals surface area contributed by atoms with Crippen LogP contribution in [0.4, 0.5) is 5.69 Å². The van der Waals surface area contributed by atoms with Crippen molar-refractivity contribution in [2.75, 3.05) is 18.0 Å². The first-order valence-electron chi connectivity index (χ1n) is 6.59. The molecule has 6 nitrogen and oxygen atoms in total. The second kappa shape index (κ2) is 4.93. The Hall–Kier alpha value is -2.42. The molecule has 20 heavy (non-hydrogen) atoms. The maximum absolute atomic E-state index is 9.20. The van der Waals surface area contributed by atoms with Crippen molar-refractivity contribution in [3.63, 3.8) is 0 Å². The summed E-state index contributed by atoms with van der Waals surface area (Å²) in [4.78, 5) is 10.7. The van der Waals surface area contributed by atoms with Crippen molar-refractivity contribution in [2.45, 2.75) is 26.2 Å². The lowest BCUT2D eigenvalue weighted by molar-refractivity contribution is 0.356. The predicted molar refractivity (Wildman–Crippen MR) is 72.3 cm³/mol. The molecule has 2 aromatic heterocycles. The molecule has 1 aliphatic heterocycles. The van der Waals surface area contributed by atoms with Crippen LogP contribution >= 0.6 is 0 Å². The van der Waals surface area contributed by atoms with Gasteiger partial charge in [-0.05, 0) is 26.3 Å². The molecule has 102 valence electrons. The lowest BCUT2D eigenvalue weighted by Crippen LogP contribution is -2.20. The van der Waals surface area contributed by atoms with Crippen LogP contribution in [0, 0.1) is 25.2 Å². The van der Waals surface area contributed by atoms with Gasteiger partial charge in [0.15, 0.2) is 5.82 Å². The van der Waals surface area contributed by atoms with Gasteiger partial charge < -0.3 is 9.42 Å². The lowest BCUT2D eigenvalue weighted by Gasteiger charge is -2.19. The molecule has 1 atom stereocenters. The zero-order valence-electron chi connectivity index (χ0n) is 11.5. The number of nitrogens with zero attached hydrogens (tertiary/aromatic N) is 5. The van der Waals surface area contributed by atoms with Gasteiger partial charge in [-0.15, -0.1) is 0 Å². The first-order valence-corrected chi connectivity index (χ1v) is 6.59. The van der Waals surface area contributed by atoms with Crippen LogP contribution in [-0.2, 0) is 0 Å². The van der Waals surface area contributed by atoms with Crippen LogP contribution in [0.1, 0.15) is 35.3 Å². The number of pyridine rings is 1. The number of hydrogen-bond donors (Lipinski definition) is 0. The molecule has 1 fully saturated rings. The summed E-state index contributed by atoms with van der Waals surface area (Å²) in [5, 5.41) is 13.0. The summed E-state index contributed by atoms with van der Waals surface area (Å²) >= 11 is 0. The monoisotopic (exact) mass is 269 g/mol. The number of hydrogen-bond acceptors (Lipinski definition) is 6. The van der Waals surface area contributed by atoms with Crippen LogP contribution < -0.4 is 4.90 Å². The Labute approximate surface area is 117 Å². The maximum Gasteiger partial charge on any atom is 0.231 e. The smallest absolute Gasteiger partial charge is 0.231 e. The summed E-state index contributed by atoms with van der Waals surface area (Å²) in [5.74, 6) is 1.58. The summed E-state index contributed by atoms with van der Waals surface area (Å²) in [6, 6.07) is 4.16. The molecular formula is C14H15N5O. The molecule has 1 aliphatic rings. The highest BCUT2D eigenvalue weighted by atomic mass is 16.5. The molecule has 1 saturated heterocycles. The second-order valence-electron chi connectivity index (χ2n) is 5.07. The molecular weight excluding hydrogens is 254 g/mol. The SMILES string of the molecule is Cc1cc(N2CCC(c3nc(C)no3)C2)c(C#N)cn1. The van der Waals surface area contributed by atoms with E-state index in [0.29, 0.717) is 17.3 Å². The molecule has 1 unspecified atom stereocenters. The molecule has 0 aliphatic carbocycles. The molecule has 3 heterocycles. The number of nitriles is 1. The van der Waals surface area contributed by atoms with Gasteiger partial charge in [-0.25, -0.2) is 0 Å². The summed E-state index contributed by atoms with van der Waals surface area (Å²) in [6.07, 6.45) is 2.59. The van der Waals surface area contributed by atoms with Gasteiger partial charge in [0.05, 0.1) is 17.2 Å². The Morgan fingerprint density at radius 2 is 2.30 bits per heavy atom. The van der Waals surface area contributed by atoms with Crippen molar-refractivity contribution < 1.29 is 4.52 Å². The zero-order chi connectivity index (χ0) is 14.1. The quantitative estimate of drug-likeness (QED) is 0.829. The maximum atomic E-state index is 9.20. The number of anilines is 1. The third-order valence-corrected chi connectivity index (χ3v) is 3.56. The van der Waals surface area contributed by atoms with E-state index < -0.39 is 0 Å². The molecule has 3 rings (SSSR count). The van der Waals surface area contributed by atoms with Crippen LogP contribution in [-0.4, -0.2) is 28.2 Å². The van der Waals surface area contributed by atoms with E-state index in [2.05, 4.69) is 26.1 Å². The van der Waals surface area contributed by atoms with Gasteiger partial charge in [-0.3, -0.25) is 4.98 Å². The van der Waals surface area contributed by atoms with E-state index in [4.69, 9.17) is 4.52 Å². The van der Waals surface area contributed by atoms with Gasteiger partial charge in [0.1, 0.15) is 6.07 Å². The summed E-state index contributed by atoms with van der Waals surface area (Å²) in [7, 11) is 0. The fraction of sp³-hybridized carbons (Fsp3) is 0.429. The molecule has 0 spiro atoms. The van der Waals surface area contributed by atoms with Crippen molar-refractivity contribution in [3.05, 3.63) is 35.2 Å². The first-order chi connectivity index (χ1) is 9.67. The molecule has 0 aromatic carbocycles. The van der Waals surface area contributed by atoms with Crippen LogP contribution in [0.5, 0.6) is 0 Å². The van der Waals surface area contributed by atoms with E-state index in [0.717, 1.165) is 30.9 Å². The Kier molecular flexibility index (Phi) is 3.11. The molecule has 0 bridgehead atoms. The topological polar surface area (TPSA) is 78.8 Å². The van der Waals surface area contributed by atoms with Crippen molar-refractivity contribution in [1.82, 2.24) is 15.1 Å². The fourth-order valence-corrected chi connectivity index (χ4v) is 2.55. The average molecular weight is 269 g/mol. The Balaban J connectivity index is 1.84. The Morgan fingerprint density at radius 1 is 1.45 bits per heavy atom. The van der Waals surface area contributed by atoms with Crippen molar-refractivity contribution in [3.8, 4) is 6.07 Å². The van der Waals surface area contributed by atoms with Gasteiger partial charge in [-0.2, -0.15) is 10.2 Å². The van der Waals surface area contributed by atoms with Gasteiger partial charge in [0.25, 0.3) is 0 Å². The highest BCUT2D eigenvalue weighted by Gasteiger charge is 2.29. The fourth-order valence-electron chi connectivity index (χ4n) is 2.55. The minimum Gasteiger partial charge on any atom is -0.370 e. The summed E-state index contributed by atoms with van der Waals surface area (Å²) in [6.45, 7) is 5.42. The van der Waals surface area contributed by atoms with Crippen LogP contribution in [0.3, 0.4) is 0 Å². The predicted octanol–water partition coefficient (Wildman–Crippen LogP) is 1.95. The van der Waals surface area contributed by atoms with Crippen molar-refractivity contribution in [1.29, 1.82) is 5.26 Å². The van der Waals surface area contributed by atoms with Crippen molar-refractivity contribution in [2.24, 2.45) is 0 Å². The summed E-state index contributed by atoms with van der Waals surface area (Å²) < 4.78 is 5.25. The minimum absolute atomic E-state index is 0.233. The molecule has 0 amide bonds. The molecule has 0 saturated carbocycles. The molecule has 0 N–H and O–H groups in total. The van der Waals surface area contributed by atoms with Gasteiger partial charge >= 0.3 is 0 Å². The minimum atomic E-state index is 0.233.